The fourth-order valence-corrected chi connectivity index (χ4v) is 10.4. The van der Waals surface area contributed by atoms with Gasteiger partial charge in [-0.15, -0.1) is 0 Å². The van der Waals surface area contributed by atoms with E-state index in [-0.39, 0.29) is 5.41 Å². The maximum absolute atomic E-state index is 2.48. The molecule has 10 aromatic carbocycles. The van der Waals surface area contributed by atoms with Crippen LogP contribution in [0.4, 0.5) is 17.1 Å². The molecule has 288 valence electrons. The summed E-state index contributed by atoms with van der Waals surface area (Å²) in [6, 6.07) is 80.4. The molecular formula is C59H42N2. The highest BCUT2D eigenvalue weighted by molar-refractivity contribution is 6.16. The van der Waals surface area contributed by atoms with Gasteiger partial charge in [0.15, 0.2) is 0 Å². The predicted molar refractivity (Wildman–Crippen MR) is 259 cm³/mol. The fourth-order valence-electron chi connectivity index (χ4n) is 10.4. The zero-order valence-corrected chi connectivity index (χ0v) is 34.2. The summed E-state index contributed by atoms with van der Waals surface area (Å²) in [4.78, 5) is 2.48. The molecule has 12 rings (SSSR count). The van der Waals surface area contributed by atoms with Gasteiger partial charge in [-0.1, -0.05) is 178 Å². The van der Waals surface area contributed by atoms with Gasteiger partial charge in [0.2, 0.25) is 0 Å². The second kappa shape index (κ2) is 13.7. The quantitative estimate of drug-likeness (QED) is 0.153. The summed E-state index contributed by atoms with van der Waals surface area (Å²) in [5.74, 6) is 0. The van der Waals surface area contributed by atoms with Crippen LogP contribution in [0.15, 0.2) is 218 Å². The zero-order valence-electron chi connectivity index (χ0n) is 34.2. The van der Waals surface area contributed by atoms with Crippen LogP contribution in [0.1, 0.15) is 25.0 Å². The number of benzene rings is 10. The monoisotopic (exact) mass is 778 g/mol. The van der Waals surface area contributed by atoms with Gasteiger partial charge in [0.05, 0.1) is 16.7 Å². The van der Waals surface area contributed by atoms with E-state index in [1.54, 1.807) is 0 Å². The van der Waals surface area contributed by atoms with Crippen molar-refractivity contribution in [2.45, 2.75) is 19.3 Å². The first kappa shape index (κ1) is 35.3. The molecule has 0 amide bonds. The third kappa shape index (κ3) is 5.42. The van der Waals surface area contributed by atoms with Gasteiger partial charge in [0.25, 0.3) is 0 Å². The minimum absolute atomic E-state index is 0.125. The van der Waals surface area contributed by atoms with E-state index in [1.807, 2.05) is 0 Å². The lowest BCUT2D eigenvalue weighted by molar-refractivity contribution is 0.660. The van der Waals surface area contributed by atoms with Gasteiger partial charge in [0.1, 0.15) is 0 Å². The smallest absolute Gasteiger partial charge is 0.0547 e. The van der Waals surface area contributed by atoms with E-state index >= 15 is 0 Å². The maximum Gasteiger partial charge on any atom is 0.0547 e. The van der Waals surface area contributed by atoms with Gasteiger partial charge >= 0.3 is 0 Å². The average Bonchev–Trinajstić information content (AvgIpc) is 3.78. The third-order valence-corrected chi connectivity index (χ3v) is 13.2. The Morgan fingerprint density at radius 1 is 0.393 bits per heavy atom. The van der Waals surface area contributed by atoms with Crippen LogP contribution in [0.3, 0.4) is 0 Å². The van der Waals surface area contributed by atoms with Gasteiger partial charge < -0.3 is 9.47 Å². The highest BCUT2D eigenvalue weighted by Crippen LogP contribution is 2.54. The van der Waals surface area contributed by atoms with Crippen LogP contribution in [0.25, 0.3) is 82.4 Å². The summed E-state index contributed by atoms with van der Waals surface area (Å²) in [6.07, 6.45) is 0. The molecule has 61 heavy (non-hydrogen) atoms. The Morgan fingerprint density at radius 3 is 1.93 bits per heavy atom. The van der Waals surface area contributed by atoms with Crippen LogP contribution in [0.2, 0.25) is 0 Å². The molecule has 0 atom stereocenters. The average molecular weight is 779 g/mol. The number of fused-ring (bicyclic) bond motifs is 9. The Balaban J connectivity index is 1.06. The highest BCUT2D eigenvalue weighted by Gasteiger charge is 2.37. The van der Waals surface area contributed by atoms with Gasteiger partial charge in [-0.3, -0.25) is 0 Å². The Hall–Kier alpha value is -7.68. The van der Waals surface area contributed by atoms with Gasteiger partial charge in [0, 0.05) is 38.8 Å². The molecule has 0 unspecified atom stereocenters. The standard InChI is InChI=1S/C59H42N2/c1-59(2)52-27-10-8-22-50(52)58-53(59)28-15-31-56(58)60(43-35-32-40(33-36-43)46-24-13-26-48-45-21-7-6-16-39(45)34-37-49(46)48)44-20-12-17-41(38-44)47-25-14-30-55-57(47)51-23-9-11-29-54(51)61(55)42-18-4-3-5-19-42/h3-38H,1-2H3. The predicted octanol–water partition coefficient (Wildman–Crippen LogP) is 16.2. The van der Waals surface area contributed by atoms with E-state index in [4.69, 9.17) is 0 Å². The second-order valence-corrected chi connectivity index (χ2v) is 16.9. The third-order valence-electron chi connectivity index (χ3n) is 13.2. The lowest BCUT2D eigenvalue weighted by Crippen LogP contribution is -2.16. The normalized spacial score (nSPS) is 12.9. The van der Waals surface area contributed by atoms with Crippen molar-refractivity contribution in [2.24, 2.45) is 0 Å². The van der Waals surface area contributed by atoms with E-state index in [9.17, 15) is 0 Å². The summed E-state index contributed by atoms with van der Waals surface area (Å²) in [7, 11) is 0. The zero-order chi connectivity index (χ0) is 40.7. The SMILES string of the molecule is CC1(C)c2ccccc2-c2c(N(c3ccc(-c4cccc5c4ccc4ccccc45)cc3)c3cccc(-c4cccc5c4c4ccccc4n5-c4ccccc4)c3)cccc21. The first-order chi connectivity index (χ1) is 30.0. The maximum atomic E-state index is 2.48. The molecule has 0 aliphatic heterocycles. The summed E-state index contributed by atoms with van der Waals surface area (Å²) < 4.78 is 2.40. The van der Waals surface area contributed by atoms with Crippen molar-refractivity contribution in [3.8, 4) is 39.1 Å². The molecule has 0 spiro atoms. The van der Waals surface area contributed by atoms with Gasteiger partial charge in [-0.05, 0) is 115 Å². The number of rotatable bonds is 6. The van der Waals surface area contributed by atoms with Crippen LogP contribution >= 0.6 is 0 Å². The number of hydrogen-bond donors (Lipinski definition) is 0. The number of aromatic nitrogens is 1. The van der Waals surface area contributed by atoms with Crippen molar-refractivity contribution in [3.05, 3.63) is 230 Å². The van der Waals surface area contributed by atoms with Crippen molar-refractivity contribution in [3.63, 3.8) is 0 Å². The molecule has 2 heteroatoms. The number of anilines is 3. The fraction of sp³-hybridized carbons (Fsp3) is 0.0508. The first-order valence-corrected chi connectivity index (χ1v) is 21.3. The van der Waals surface area contributed by atoms with Crippen LogP contribution in [-0.2, 0) is 5.41 Å². The summed E-state index contributed by atoms with van der Waals surface area (Å²) in [5.41, 5.74) is 17.0. The number of nitrogens with zero attached hydrogens (tertiary/aromatic N) is 2. The van der Waals surface area contributed by atoms with E-state index in [0.29, 0.717) is 0 Å². The minimum atomic E-state index is -0.125. The summed E-state index contributed by atoms with van der Waals surface area (Å²) >= 11 is 0. The molecular weight excluding hydrogens is 737 g/mol. The highest BCUT2D eigenvalue weighted by atomic mass is 15.1. The largest absolute Gasteiger partial charge is 0.310 e. The first-order valence-electron chi connectivity index (χ1n) is 21.3. The van der Waals surface area contributed by atoms with Crippen molar-refractivity contribution < 1.29 is 0 Å². The molecule has 0 N–H and O–H groups in total. The lowest BCUT2D eigenvalue weighted by Gasteiger charge is -2.29. The molecule has 11 aromatic rings. The topological polar surface area (TPSA) is 8.17 Å². The van der Waals surface area contributed by atoms with Gasteiger partial charge in [-0.2, -0.15) is 0 Å². The Labute approximate surface area is 356 Å². The van der Waals surface area contributed by atoms with E-state index in [0.717, 1.165) is 17.1 Å². The van der Waals surface area contributed by atoms with Crippen LogP contribution in [0.5, 0.6) is 0 Å². The van der Waals surface area contributed by atoms with Crippen molar-refractivity contribution >= 4 is 60.4 Å². The molecule has 0 saturated carbocycles. The van der Waals surface area contributed by atoms with Gasteiger partial charge in [-0.25, -0.2) is 0 Å². The van der Waals surface area contributed by atoms with Crippen molar-refractivity contribution in [1.82, 2.24) is 4.57 Å². The van der Waals surface area contributed by atoms with Crippen LogP contribution in [-0.4, -0.2) is 4.57 Å². The second-order valence-electron chi connectivity index (χ2n) is 16.9. The summed E-state index contributed by atoms with van der Waals surface area (Å²) in [6.45, 7) is 4.72. The molecule has 0 saturated heterocycles. The molecule has 1 aliphatic rings. The Morgan fingerprint density at radius 2 is 1.05 bits per heavy atom. The van der Waals surface area contributed by atoms with E-state index in [2.05, 4.69) is 242 Å². The number of para-hydroxylation sites is 2. The molecule has 0 bridgehead atoms. The molecule has 0 fully saturated rings. The molecule has 1 aliphatic carbocycles. The Kier molecular flexibility index (Phi) is 7.92. The number of hydrogen-bond acceptors (Lipinski definition) is 1. The molecule has 0 radical (unpaired) electrons. The Bertz CT molecular complexity index is 3500. The van der Waals surface area contributed by atoms with Crippen molar-refractivity contribution in [2.75, 3.05) is 4.90 Å². The van der Waals surface area contributed by atoms with Crippen molar-refractivity contribution in [1.29, 1.82) is 0 Å². The summed E-state index contributed by atoms with van der Waals surface area (Å²) in [5, 5.41) is 7.59. The lowest BCUT2D eigenvalue weighted by atomic mass is 9.82. The van der Waals surface area contributed by atoms with E-state index < -0.39 is 0 Å². The molecule has 1 aromatic heterocycles. The van der Waals surface area contributed by atoms with E-state index in [1.165, 1.54) is 93.5 Å². The minimum Gasteiger partial charge on any atom is -0.310 e. The molecule has 2 nitrogen and oxygen atoms in total. The van der Waals surface area contributed by atoms with Crippen LogP contribution in [0, 0.1) is 0 Å². The molecule has 1 heterocycles. The van der Waals surface area contributed by atoms with Crippen LogP contribution < -0.4 is 4.90 Å².